The number of amides is 1. The number of halogens is 1. The van der Waals surface area contributed by atoms with Crippen molar-refractivity contribution < 1.29 is 29.0 Å². The molecule has 1 amide bonds. The predicted octanol–water partition coefficient (Wildman–Crippen LogP) is 0.700. The van der Waals surface area contributed by atoms with Gasteiger partial charge in [0, 0.05) is 0 Å². The lowest BCUT2D eigenvalue weighted by atomic mass is 10.2. The van der Waals surface area contributed by atoms with Gasteiger partial charge in [-0.3, -0.25) is 9.59 Å². The molecule has 1 heterocycles. The third kappa shape index (κ3) is 3.91. The van der Waals surface area contributed by atoms with E-state index in [1.807, 2.05) is 5.32 Å². The van der Waals surface area contributed by atoms with Crippen LogP contribution in [0.1, 0.15) is 17.0 Å². The van der Waals surface area contributed by atoms with E-state index in [9.17, 15) is 14.4 Å². The molecule has 0 fully saturated rings. The van der Waals surface area contributed by atoms with Crippen LogP contribution in [0.4, 0.5) is 0 Å². The van der Waals surface area contributed by atoms with Crippen LogP contribution in [0.3, 0.4) is 0 Å². The predicted molar refractivity (Wildman–Crippen MR) is 57.6 cm³/mol. The standard InChI is InChI=1S/C9H8BrNO6/c10-6-2-1-5(17-6)8(14)11-4(9(15)16)3-7(12)13/h1-2,4H,3H2,(H,11,14)(H,12,13)(H,15,16)/t4-/m1/s1. The molecule has 0 radical (unpaired) electrons. The van der Waals surface area contributed by atoms with Crippen LogP contribution in [0, 0.1) is 0 Å². The third-order valence-electron chi connectivity index (χ3n) is 1.78. The van der Waals surface area contributed by atoms with Gasteiger partial charge in [-0.25, -0.2) is 4.79 Å². The smallest absolute Gasteiger partial charge is 0.326 e. The van der Waals surface area contributed by atoms with Crippen LogP contribution < -0.4 is 5.32 Å². The summed E-state index contributed by atoms with van der Waals surface area (Å²) >= 11 is 2.98. The molecule has 0 aliphatic carbocycles. The average Bonchev–Trinajstić information content (AvgIpc) is 2.63. The fourth-order valence-electron chi connectivity index (χ4n) is 1.04. The van der Waals surface area contributed by atoms with Crippen molar-refractivity contribution >= 4 is 33.8 Å². The molecule has 0 saturated heterocycles. The van der Waals surface area contributed by atoms with Gasteiger partial charge < -0.3 is 19.9 Å². The number of nitrogens with one attached hydrogen (secondary N) is 1. The Bertz CT molecular complexity index is 454. The summed E-state index contributed by atoms with van der Waals surface area (Å²) in [5.41, 5.74) is 0. The molecule has 7 nitrogen and oxygen atoms in total. The molecule has 1 aromatic heterocycles. The van der Waals surface area contributed by atoms with Gasteiger partial charge in [0.1, 0.15) is 6.04 Å². The van der Waals surface area contributed by atoms with Crippen LogP contribution in [-0.4, -0.2) is 34.1 Å². The van der Waals surface area contributed by atoms with Gasteiger partial charge in [-0.2, -0.15) is 0 Å². The van der Waals surface area contributed by atoms with E-state index in [-0.39, 0.29) is 5.76 Å². The molecular formula is C9H8BrNO6. The number of carboxylic acids is 2. The minimum atomic E-state index is -1.50. The second kappa shape index (κ2) is 5.48. The highest BCUT2D eigenvalue weighted by molar-refractivity contribution is 9.10. The summed E-state index contributed by atoms with van der Waals surface area (Å²) in [5.74, 6) is -3.64. The quantitative estimate of drug-likeness (QED) is 0.737. The number of carboxylic acid groups (broad SMARTS) is 2. The first-order valence-electron chi connectivity index (χ1n) is 4.41. The first-order chi connectivity index (χ1) is 7.90. The van der Waals surface area contributed by atoms with Gasteiger partial charge in [-0.05, 0) is 28.1 Å². The highest BCUT2D eigenvalue weighted by atomic mass is 79.9. The maximum atomic E-state index is 11.5. The van der Waals surface area contributed by atoms with E-state index in [0.717, 1.165) is 0 Å². The molecule has 0 aliphatic heterocycles. The molecule has 17 heavy (non-hydrogen) atoms. The van der Waals surface area contributed by atoms with Gasteiger partial charge >= 0.3 is 11.9 Å². The molecule has 0 bridgehead atoms. The Balaban J connectivity index is 2.70. The topological polar surface area (TPSA) is 117 Å². The molecule has 0 aromatic carbocycles. The highest BCUT2D eigenvalue weighted by Crippen LogP contribution is 2.14. The first kappa shape index (κ1) is 13.2. The molecule has 92 valence electrons. The van der Waals surface area contributed by atoms with Gasteiger partial charge in [0.15, 0.2) is 10.4 Å². The second-order valence-electron chi connectivity index (χ2n) is 3.07. The zero-order chi connectivity index (χ0) is 13.0. The lowest BCUT2D eigenvalue weighted by Gasteiger charge is -2.10. The van der Waals surface area contributed by atoms with Crippen molar-refractivity contribution in [3.63, 3.8) is 0 Å². The van der Waals surface area contributed by atoms with Gasteiger partial charge in [0.2, 0.25) is 0 Å². The third-order valence-corrected chi connectivity index (χ3v) is 2.21. The van der Waals surface area contributed by atoms with Crippen LogP contribution in [0.15, 0.2) is 21.2 Å². The summed E-state index contributed by atoms with van der Waals surface area (Å²) in [6.07, 6.45) is -0.705. The number of hydrogen-bond donors (Lipinski definition) is 3. The van der Waals surface area contributed by atoms with Crippen molar-refractivity contribution in [2.75, 3.05) is 0 Å². The summed E-state index contributed by atoms with van der Waals surface area (Å²) in [7, 11) is 0. The van der Waals surface area contributed by atoms with Crippen molar-refractivity contribution in [3.05, 3.63) is 22.6 Å². The molecule has 0 aliphatic rings. The Morgan fingerprint density at radius 3 is 2.41 bits per heavy atom. The zero-order valence-corrected chi connectivity index (χ0v) is 9.93. The Labute approximate surface area is 104 Å². The summed E-state index contributed by atoms with van der Waals surface area (Å²) in [6.45, 7) is 0. The SMILES string of the molecule is O=C(O)C[C@@H](NC(=O)c1ccc(Br)o1)C(=O)O. The first-order valence-corrected chi connectivity index (χ1v) is 5.20. The lowest BCUT2D eigenvalue weighted by Crippen LogP contribution is -2.42. The summed E-state index contributed by atoms with van der Waals surface area (Å²) in [6, 6.07) is 1.30. The number of carbonyl (C=O) groups is 3. The number of aliphatic carboxylic acids is 2. The van der Waals surface area contributed by atoms with E-state index in [0.29, 0.717) is 4.67 Å². The molecule has 0 saturated carbocycles. The van der Waals surface area contributed by atoms with Gasteiger partial charge in [0.05, 0.1) is 6.42 Å². The number of furan rings is 1. The van der Waals surface area contributed by atoms with Crippen molar-refractivity contribution in [1.29, 1.82) is 0 Å². The maximum absolute atomic E-state index is 11.5. The molecular weight excluding hydrogens is 298 g/mol. The Morgan fingerprint density at radius 1 is 1.35 bits per heavy atom. The van der Waals surface area contributed by atoms with E-state index >= 15 is 0 Å². The maximum Gasteiger partial charge on any atom is 0.326 e. The van der Waals surface area contributed by atoms with E-state index in [1.54, 1.807) is 0 Å². The van der Waals surface area contributed by atoms with Crippen LogP contribution >= 0.6 is 15.9 Å². The Hall–Kier alpha value is -1.83. The largest absolute Gasteiger partial charge is 0.481 e. The second-order valence-corrected chi connectivity index (χ2v) is 3.85. The number of hydrogen-bond acceptors (Lipinski definition) is 4. The lowest BCUT2D eigenvalue weighted by molar-refractivity contribution is -0.145. The molecule has 1 atom stereocenters. The molecule has 1 aromatic rings. The minimum Gasteiger partial charge on any atom is -0.481 e. The zero-order valence-electron chi connectivity index (χ0n) is 8.34. The number of rotatable bonds is 5. The van der Waals surface area contributed by atoms with Crippen LogP contribution in [-0.2, 0) is 9.59 Å². The fourth-order valence-corrected chi connectivity index (χ4v) is 1.35. The van der Waals surface area contributed by atoms with E-state index in [2.05, 4.69) is 15.9 Å². The summed E-state index contributed by atoms with van der Waals surface area (Å²) < 4.78 is 5.21. The van der Waals surface area contributed by atoms with E-state index in [4.69, 9.17) is 14.6 Å². The fraction of sp³-hybridized carbons (Fsp3) is 0.222. The van der Waals surface area contributed by atoms with Gasteiger partial charge in [-0.1, -0.05) is 0 Å². The van der Waals surface area contributed by atoms with Crippen molar-refractivity contribution in [2.45, 2.75) is 12.5 Å². The van der Waals surface area contributed by atoms with Crippen molar-refractivity contribution in [1.82, 2.24) is 5.32 Å². The normalized spacial score (nSPS) is 11.8. The summed E-state index contributed by atoms with van der Waals surface area (Å²) in [5, 5.41) is 19.2. The highest BCUT2D eigenvalue weighted by Gasteiger charge is 2.24. The average molecular weight is 306 g/mol. The molecule has 3 N–H and O–H groups in total. The van der Waals surface area contributed by atoms with Crippen LogP contribution in [0.25, 0.3) is 0 Å². The van der Waals surface area contributed by atoms with Crippen LogP contribution in [0.5, 0.6) is 0 Å². The molecule has 0 unspecified atom stereocenters. The minimum absolute atomic E-state index is 0.103. The number of carbonyl (C=O) groups excluding carboxylic acids is 1. The van der Waals surface area contributed by atoms with Gasteiger partial charge in [0.25, 0.3) is 5.91 Å². The molecule has 0 spiro atoms. The monoisotopic (exact) mass is 305 g/mol. The van der Waals surface area contributed by atoms with E-state index < -0.39 is 30.3 Å². The Morgan fingerprint density at radius 2 is 2.00 bits per heavy atom. The van der Waals surface area contributed by atoms with E-state index in [1.165, 1.54) is 12.1 Å². The van der Waals surface area contributed by atoms with Crippen LogP contribution in [0.2, 0.25) is 0 Å². The summed E-state index contributed by atoms with van der Waals surface area (Å²) in [4.78, 5) is 32.6. The van der Waals surface area contributed by atoms with Crippen molar-refractivity contribution in [3.8, 4) is 0 Å². The molecule has 1 rings (SSSR count). The van der Waals surface area contributed by atoms with Crippen molar-refractivity contribution in [2.24, 2.45) is 0 Å². The Kier molecular flexibility index (Phi) is 4.27. The molecule has 8 heteroatoms. The van der Waals surface area contributed by atoms with Gasteiger partial charge in [-0.15, -0.1) is 0 Å².